The van der Waals surface area contributed by atoms with Gasteiger partial charge < -0.3 is 4.74 Å². The summed E-state index contributed by atoms with van der Waals surface area (Å²) in [6.07, 6.45) is 5.95. The largest absolute Gasteiger partial charge is 0.497 e. The first-order valence-corrected chi connectivity index (χ1v) is 10.8. The summed E-state index contributed by atoms with van der Waals surface area (Å²) < 4.78 is 6.56. The fourth-order valence-electron chi connectivity index (χ4n) is 3.73. The summed E-state index contributed by atoms with van der Waals surface area (Å²) in [5.74, 6) is 0.952. The lowest BCUT2D eigenvalue weighted by molar-refractivity contribution is -0.123. The molecule has 0 unspecified atom stereocenters. The molecule has 8 heteroatoms. The number of aromatic nitrogens is 2. The van der Waals surface area contributed by atoms with Crippen molar-refractivity contribution in [2.75, 3.05) is 7.11 Å². The van der Waals surface area contributed by atoms with Gasteiger partial charge in [0.05, 0.1) is 25.0 Å². The van der Waals surface area contributed by atoms with Gasteiger partial charge in [-0.2, -0.15) is 5.10 Å². The lowest BCUT2D eigenvalue weighted by Gasteiger charge is -2.18. The first-order chi connectivity index (χ1) is 14.5. The standard InChI is InChI=1S/C22H24N4O3S/c1-13-7-8-17-18(9-13)30-21-19(17)22(28)26(12-23-21)14(2)20(27)25-24-11-15-5-4-6-16(10-15)29-3/h4-6,10-14H,7-9H2,1-3H3,(H,25,27)/b24-11+/t13-,14-/m1/s1. The number of ether oxygens (including phenoxy) is 1. The smallest absolute Gasteiger partial charge is 0.263 e. The van der Waals surface area contributed by atoms with Gasteiger partial charge >= 0.3 is 0 Å². The zero-order valence-corrected chi connectivity index (χ0v) is 18.0. The van der Waals surface area contributed by atoms with E-state index in [1.54, 1.807) is 25.4 Å². The van der Waals surface area contributed by atoms with Crippen molar-refractivity contribution in [3.8, 4) is 5.75 Å². The molecule has 0 bridgehead atoms. The summed E-state index contributed by atoms with van der Waals surface area (Å²) in [5, 5.41) is 4.68. The molecule has 2 heterocycles. The lowest BCUT2D eigenvalue weighted by Crippen LogP contribution is -2.34. The normalized spacial score (nSPS) is 17.1. The molecule has 1 aliphatic carbocycles. The van der Waals surface area contributed by atoms with Crippen molar-refractivity contribution < 1.29 is 9.53 Å². The molecule has 0 spiro atoms. The Morgan fingerprint density at radius 2 is 2.30 bits per heavy atom. The second kappa shape index (κ2) is 8.39. The molecule has 0 radical (unpaired) electrons. The second-order valence-corrected chi connectivity index (χ2v) is 8.76. The molecule has 0 saturated carbocycles. The number of amides is 1. The predicted molar refractivity (Wildman–Crippen MR) is 119 cm³/mol. The van der Waals surface area contributed by atoms with Gasteiger partial charge in [0, 0.05) is 4.88 Å². The molecule has 0 saturated heterocycles. The number of rotatable bonds is 5. The van der Waals surface area contributed by atoms with E-state index >= 15 is 0 Å². The molecule has 30 heavy (non-hydrogen) atoms. The van der Waals surface area contributed by atoms with Crippen LogP contribution in [0, 0.1) is 5.92 Å². The number of carbonyl (C=O) groups excluding carboxylic acids is 1. The van der Waals surface area contributed by atoms with Crippen molar-refractivity contribution in [3.05, 3.63) is 57.0 Å². The Labute approximate surface area is 178 Å². The molecule has 3 aromatic rings. The van der Waals surface area contributed by atoms with Gasteiger partial charge in [0.1, 0.15) is 16.6 Å². The van der Waals surface area contributed by atoms with E-state index in [4.69, 9.17) is 4.74 Å². The molecule has 0 aliphatic heterocycles. The number of benzene rings is 1. The van der Waals surface area contributed by atoms with Crippen LogP contribution in [0.3, 0.4) is 0 Å². The highest BCUT2D eigenvalue weighted by Gasteiger charge is 2.25. The number of hydrogen-bond donors (Lipinski definition) is 1. The number of hydrazone groups is 1. The van der Waals surface area contributed by atoms with Crippen molar-refractivity contribution in [1.82, 2.24) is 15.0 Å². The Balaban J connectivity index is 1.54. The second-order valence-electron chi connectivity index (χ2n) is 7.68. The Kier molecular flexibility index (Phi) is 5.67. The Morgan fingerprint density at radius 1 is 1.47 bits per heavy atom. The first-order valence-electron chi connectivity index (χ1n) is 9.96. The van der Waals surface area contributed by atoms with Gasteiger partial charge in [-0.25, -0.2) is 10.4 Å². The van der Waals surface area contributed by atoms with Crippen LogP contribution in [-0.4, -0.2) is 28.8 Å². The van der Waals surface area contributed by atoms with Crippen LogP contribution >= 0.6 is 11.3 Å². The molecule has 7 nitrogen and oxygen atoms in total. The van der Waals surface area contributed by atoms with E-state index in [1.807, 2.05) is 24.3 Å². The number of nitrogens with zero attached hydrogens (tertiary/aromatic N) is 3. The number of aryl methyl sites for hydroxylation is 1. The van der Waals surface area contributed by atoms with Gasteiger partial charge in [-0.05, 0) is 55.4 Å². The third-order valence-electron chi connectivity index (χ3n) is 5.52. The number of methoxy groups -OCH3 is 1. The number of carbonyl (C=O) groups is 1. The van der Waals surface area contributed by atoms with Crippen molar-refractivity contribution in [3.63, 3.8) is 0 Å². The van der Waals surface area contributed by atoms with Crippen molar-refractivity contribution in [2.45, 2.75) is 39.2 Å². The number of hydrogen-bond acceptors (Lipinski definition) is 6. The molecule has 1 N–H and O–H groups in total. The van der Waals surface area contributed by atoms with E-state index in [0.29, 0.717) is 17.1 Å². The quantitative estimate of drug-likeness (QED) is 0.503. The van der Waals surface area contributed by atoms with Crippen molar-refractivity contribution >= 4 is 33.7 Å². The molecule has 4 rings (SSSR count). The average molecular weight is 425 g/mol. The number of thiophene rings is 1. The third-order valence-corrected chi connectivity index (χ3v) is 6.68. The minimum Gasteiger partial charge on any atom is -0.497 e. The summed E-state index contributed by atoms with van der Waals surface area (Å²) in [4.78, 5) is 32.2. The van der Waals surface area contributed by atoms with Crippen molar-refractivity contribution in [1.29, 1.82) is 0 Å². The van der Waals surface area contributed by atoms with E-state index in [2.05, 4.69) is 22.4 Å². The van der Waals surface area contributed by atoms with E-state index in [0.717, 1.165) is 35.2 Å². The summed E-state index contributed by atoms with van der Waals surface area (Å²) in [7, 11) is 1.59. The third kappa shape index (κ3) is 3.87. The van der Waals surface area contributed by atoms with E-state index in [9.17, 15) is 9.59 Å². The van der Waals surface area contributed by atoms with Gasteiger partial charge in [-0.3, -0.25) is 14.2 Å². The van der Waals surface area contributed by atoms with Crippen LogP contribution in [0.15, 0.2) is 40.5 Å². The highest BCUT2D eigenvalue weighted by Crippen LogP contribution is 2.35. The number of fused-ring (bicyclic) bond motifs is 3. The van der Waals surface area contributed by atoms with Gasteiger partial charge in [0.15, 0.2) is 0 Å². The molecular formula is C22H24N4O3S. The average Bonchev–Trinajstić information content (AvgIpc) is 3.11. The van der Waals surface area contributed by atoms with Crippen LogP contribution < -0.4 is 15.7 Å². The van der Waals surface area contributed by atoms with E-state index in [-0.39, 0.29) is 11.5 Å². The predicted octanol–water partition coefficient (Wildman–Crippen LogP) is 3.30. The maximum absolute atomic E-state index is 13.2. The van der Waals surface area contributed by atoms with Crippen LogP contribution in [-0.2, 0) is 17.6 Å². The van der Waals surface area contributed by atoms with Crippen molar-refractivity contribution in [2.24, 2.45) is 11.0 Å². The maximum atomic E-state index is 13.2. The van der Waals surface area contributed by atoms with Gasteiger partial charge in [-0.15, -0.1) is 11.3 Å². The molecule has 2 aromatic heterocycles. The zero-order valence-electron chi connectivity index (χ0n) is 17.2. The SMILES string of the molecule is COc1cccc(/C=N/NC(=O)[C@@H](C)n2cnc3sc4c(c3c2=O)CC[C@@H](C)C4)c1. The minimum absolute atomic E-state index is 0.161. The van der Waals surface area contributed by atoms with Crippen LogP contribution in [0.1, 0.15) is 42.3 Å². The molecule has 1 amide bonds. The molecule has 1 aromatic carbocycles. The molecule has 156 valence electrons. The Hall–Kier alpha value is -3.00. The molecule has 0 fully saturated rings. The summed E-state index contributed by atoms with van der Waals surface area (Å²) in [6, 6.07) is 6.60. The zero-order chi connectivity index (χ0) is 21.3. The summed E-state index contributed by atoms with van der Waals surface area (Å²) >= 11 is 1.60. The Morgan fingerprint density at radius 3 is 3.10 bits per heavy atom. The molecular weight excluding hydrogens is 400 g/mol. The molecule has 1 aliphatic rings. The summed E-state index contributed by atoms with van der Waals surface area (Å²) in [6.45, 7) is 3.91. The molecule has 2 atom stereocenters. The highest BCUT2D eigenvalue weighted by atomic mass is 32.1. The fraction of sp³-hybridized carbons (Fsp3) is 0.364. The van der Waals surface area contributed by atoms with E-state index in [1.165, 1.54) is 22.0 Å². The topological polar surface area (TPSA) is 85.6 Å². The van der Waals surface area contributed by atoms with Gasteiger partial charge in [0.2, 0.25) is 0 Å². The number of nitrogens with one attached hydrogen (secondary N) is 1. The van der Waals surface area contributed by atoms with Crippen LogP contribution in [0.5, 0.6) is 5.75 Å². The minimum atomic E-state index is -0.727. The first kappa shape index (κ1) is 20.3. The van der Waals surface area contributed by atoms with E-state index < -0.39 is 6.04 Å². The maximum Gasteiger partial charge on any atom is 0.263 e. The Bertz CT molecular complexity index is 1180. The van der Waals surface area contributed by atoms with Crippen LogP contribution in [0.25, 0.3) is 10.2 Å². The lowest BCUT2D eigenvalue weighted by atomic mass is 9.89. The van der Waals surface area contributed by atoms with Gasteiger partial charge in [-0.1, -0.05) is 19.1 Å². The monoisotopic (exact) mass is 424 g/mol. The van der Waals surface area contributed by atoms with Crippen LogP contribution in [0.4, 0.5) is 0 Å². The highest BCUT2D eigenvalue weighted by molar-refractivity contribution is 7.18. The van der Waals surface area contributed by atoms with Crippen LogP contribution in [0.2, 0.25) is 0 Å². The van der Waals surface area contributed by atoms with Gasteiger partial charge in [0.25, 0.3) is 11.5 Å². The fourth-order valence-corrected chi connectivity index (χ4v) is 5.07. The summed E-state index contributed by atoms with van der Waals surface area (Å²) in [5.41, 5.74) is 4.26.